The highest BCUT2D eigenvalue weighted by Gasteiger charge is 2.12. The molecule has 122 valence electrons. The zero-order valence-electron chi connectivity index (χ0n) is 13.5. The Morgan fingerprint density at radius 3 is 1.96 bits per heavy atom. The van der Waals surface area contributed by atoms with E-state index in [1.165, 1.54) is 6.07 Å². The number of ether oxygens (including phenoxy) is 2. The SMILES string of the molecule is COc1cccc(-c2cc(F)c(N)c(-c3cccc(OC)c3)c2)c1. The van der Waals surface area contributed by atoms with E-state index in [9.17, 15) is 4.39 Å². The number of methoxy groups -OCH3 is 2. The Morgan fingerprint density at radius 1 is 0.750 bits per heavy atom. The van der Waals surface area contributed by atoms with Crippen LogP contribution in [0.2, 0.25) is 0 Å². The molecule has 24 heavy (non-hydrogen) atoms. The lowest BCUT2D eigenvalue weighted by Gasteiger charge is -2.12. The normalized spacial score (nSPS) is 10.5. The molecule has 4 heteroatoms. The minimum absolute atomic E-state index is 0.120. The molecular formula is C20H18FNO2. The van der Waals surface area contributed by atoms with Gasteiger partial charge >= 0.3 is 0 Å². The van der Waals surface area contributed by atoms with E-state index in [1.807, 2.05) is 54.6 Å². The van der Waals surface area contributed by atoms with E-state index in [-0.39, 0.29) is 5.69 Å². The molecule has 3 aromatic carbocycles. The Labute approximate surface area is 140 Å². The number of hydrogen-bond acceptors (Lipinski definition) is 3. The third kappa shape index (κ3) is 3.04. The van der Waals surface area contributed by atoms with Crippen molar-refractivity contribution in [1.29, 1.82) is 0 Å². The Hall–Kier alpha value is -3.01. The zero-order chi connectivity index (χ0) is 17.1. The maximum absolute atomic E-state index is 14.4. The number of nitrogen functional groups attached to an aromatic ring is 1. The molecule has 0 unspecified atom stereocenters. The summed E-state index contributed by atoms with van der Waals surface area (Å²) in [5.74, 6) is 0.958. The number of nitrogens with two attached hydrogens (primary N) is 1. The second-order valence-electron chi connectivity index (χ2n) is 5.38. The fourth-order valence-electron chi connectivity index (χ4n) is 2.62. The van der Waals surface area contributed by atoms with Gasteiger partial charge in [0.25, 0.3) is 0 Å². The molecule has 0 saturated carbocycles. The van der Waals surface area contributed by atoms with Crippen molar-refractivity contribution < 1.29 is 13.9 Å². The number of halogens is 1. The third-order valence-electron chi connectivity index (χ3n) is 3.91. The lowest BCUT2D eigenvalue weighted by Crippen LogP contribution is -1.96. The molecular weight excluding hydrogens is 305 g/mol. The first-order chi connectivity index (χ1) is 11.6. The number of rotatable bonds is 4. The molecule has 0 bridgehead atoms. The maximum atomic E-state index is 14.4. The third-order valence-corrected chi connectivity index (χ3v) is 3.91. The Balaban J connectivity index is 2.15. The van der Waals surface area contributed by atoms with Gasteiger partial charge in [-0.05, 0) is 53.1 Å². The van der Waals surface area contributed by atoms with E-state index in [0.717, 1.165) is 16.7 Å². The lowest BCUT2D eigenvalue weighted by molar-refractivity contribution is 0.415. The molecule has 0 spiro atoms. The van der Waals surface area contributed by atoms with Gasteiger partial charge in [0.1, 0.15) is 17.3 Å². The standard InChI is InChI=1S/C20H18FNO2/c1-23-16-7-3-5-13(9-16)15-11-18(20(22)19(21)12-15)14-6-4-8-17(10-14)24-2/h3-12H,22H2,1-2H3. The van der Waals surface area contributed by atoms with Gasteiger partial charge in [0, 0.05) is 5.56 Å². The van der Waals surface area contributed by atoms with Crippen LogP contribution in [0.5, 0.6) is 11.5 Å². The first-order valence-electron chi connectivity index (χ1n) is 7.50. The molecule has 3 rings (SSSR count). The molecule has 3 nitrogen and oxygen atoms in total. The van der Waals surface area contributed by atoms with Crippen LogP contribution >= 0.6 is 0 Å². The van der Waals surface area contributed by atoms with E-state index >= 15 is 0 Å². The Kier molecular flexibility index (Phi) is 4.38. The van der Waals surface area contributed by atoms with Crippen LogP contribution in [0.15, 0.2) is 60.7 Å². The van der Waals surface area contributed by atoms with Crippen LogP contribution in [0, 0.1) is 5.82 Å². The molecule has 0 aliphatic heterocycles. The molecule has 0 radical (unpaired) electrons. The minimum atomic E-state index is -0.451. The second kappa shape index (κ2) is 6.62. The van der Waals surface area contributed by atoms with Gasteiger partial charge in [0.2, 0.25) is 0 Å². The van der Waals surface area contributed by atoms with Gasteiger partial charge in [-0.25, -0.2) is 4.39 Å². The summed E-state index contributed by atoms with van der Waals surface area (Å²) in [6.07, 6.45) is 0. The van der Waals surface area contributed by atoms with Crippen LogP contribution < -0.4 is 15.2 Å². The smallest absolute Gasteiger partial charge is 0.147 e. The van der Waals surface area contributed by atoms with Gasteiger partial charge in [-0.2, -0.15) is 0 Å². The Morgan fingerprint density at radius 2 is 1.33 bits per heavy atom. The van der Waals surface area contributed by atoms with Crippen molar-refractivity contribution in [3.8, 4) is 33.8 Å². The van der Waals surface area contributed by atoms with E-state index in [0.29, 0.717) is 17.1 Å². The summed E-state index contributed by atoms with van der Waals surface area (Å²) in [4.78, 5) is 0. The molecule has 2 N–H and O–H groups in total. The van der Waals surface area contributed by atoms with Crippen LogP contribution in [0.1, 0.15) is 0 Å². The monoisotopic (exact) mass is 323 g/mol. The van der Waals surface area contributed by atoms with Crippen molar-refractivity contribution in [2.45, 2.75) is 0 Å². The van der Waals surface area contributed by atoms with E-state index in [2.05, 4.69) is 0 Å². The molecule has 0 atom stereocenters. The first-order valence-corrected chi connectivity index (χ1v) is 7.50. The van der Waals surface area contributed by atoms with Gasteiger partial charge in [-0.15, -0.1) is 0 Å². The largest absolute Gasteiger partial charge is 0.497 e. The average molecular weight is 323 g/mol. The topological polar surface area (TPSA) is 44.5 Å². The number of benzene rings is 3. The van der Waals surface area contributed by atoms with Crippen molar-refractivity contribution in [1.82, 2.24) is 0 Å². The fourth-order valence-corrected chi connectivity index (χ4v) is 2.62. The van der Waals surface area contributed by atoms with Crippen molar-refractivity contribution in [2.75, 3.05) is 20.0 Å². The quantitative estimate of drug-likeness (QED) is 0.704. The average Bonchev–Trinajstić information content (AvgIpc) is 2.64. The fraction of sp³-hybridized carbons (Fsp3) is 0.100. The summed E-state index contributed by atoms with van der Waals surface area (Å²) in [7, 11) is 3.19. The van der Waals surface area contributed by atoms with Crippen LogP contribution in [0.4, 0.5) is 10.1 Å². The van der Waals surface area contributed by atoms with Crippen molar-refractivity contribution in [3.05, 3.63) is 66.5 Å². The summed E-state index contributed by atoms with van der Waals surface area (Å²) in [6, 6.07) is 18.2. The molecule has 3 aromatic rings. The maximum Gasteiger partial charge on any atom is 0.147 e. The van der Waals surface area contributed by atoms with Gasteiger partial charge < -0.3 is 15.2 Å². The Bertz CT molecular complexity index is 877. The van der Waals surface area contributed by atoms with E-state index in [1.54, 1.807) is 14.2 Å². The van der Waals surface area contributed by atoms with Crippen LogP contribution in [-0.4, -0.2) is 14.2 Å². The van der Waals surface area contributed by atoms with Crippen LogP contribution in [0.3, 0.4) is 0 Å². The highest BCUT2D eigenvalue weighted by atomic mass is 19.1. The molecule has 0 aliphatic rings. The minimum Gasteiger partial charge on any atom is -0.497 e. The van der Waals surface area contributed by atoms with Gasteiger partial charge in [0.15, 0.2) is 0 Å². The predicted molar refractivity (Wildman–Crippen MR) is 94.8 cm³/mol. The first kappa shape index (κ1) is 15.9. The van der Waals surface area contributed by atoms with Crippen molar-refractivity contribution in [3.63, 3.8) is 0 Å². The molecule has 0 aromatic heterocycles. The number of hydrogen-bond donors (Lipinski definition) is 1. The highest BCUT2D eigenvalue weighted by Crippen LogP contribution is 2.35. The summed E-state index contributed by atoms with van der Waals surface area (Å²) in [5.41, 5.74) is 9.11. The van der Waals surface area contributed by atoms with Gasteiger partial charge in [-0.3, -0.25) is 0 Å². The summed E-state index contributed by atoms with van der Waals surface area (Å²) < 4.78 is 24.9. The van der Waals surface area contributed by atoms with Gasteiger partial charge in [-0.1, -0.05) is 24.3 Å². The van der Waals surface area contributed by atoms with Crippen molar-refractivity contribution >= 4 is 5.69 Å². The summed E-state index contributed by atoms with van der Waals surface area (Å²) in [6.45, 7) is 0. The summed E-state index contributed by atoms with van der Waals surface area (Å²) in [5, 5.41) is 0. The molecule has 0 fully saturated rings. The second-order valence-corrected chi connectivity index (χ2v) is 5.38. The molecule has 0 heterocycles. The van der Waals surface area contributed by atoms with E-state index in [4.69, 9.17) is 15.2 Å². The molecule has 0 saturated heterocycles. The van der Waals surface area contributed by atoms with Crippen LogP contribution in [0.25, 0.3) is 22.3 Å². The summed E-state index contributed by atoms with van der Waals surface area (Å²) >= 11 is 0. The highest BCUT2D eigenvalue weighted by molar-refractivity contribution is 5.83. The predicted octanol–water partition coefficient (Wildman–Crippen LogP) is 4.76. The number of anilines is 1. The molecule has 0 aliphatic carbocycles. The molecule has 0 amide bonds. The van der Waals surface area contributed by atoms with E-state index < -0.39 is 5.82 Å². The van der Waals surface area contributed by atoms with Crippen molar-refractivity contribution in [2.24, 2.45) is 0 Å². The lowest BCUT2D eigenvalue weighted by atomic mass is 9.97. The van der Waals surface area contributed by atoms with Crippen LogP contribution in [-0.2, 0) is 0 Å². The zero-order valence-corrected chi connectivity index (χ0v) is 13.5. The van der Waals surface area contributed by atoms with Gasteiger partial charge in [0.05, 0.1) is 19.9 Å².